The van der Waals surface area contributed by atoms with Crippen molar-refractivity contribution in [1.29, 1.82) is 0 Å². The van der Waals surface area contributed by atoms with Gasteiger partial charge in [-0.2, -0.15) is 9.78 Å². The van der Waals surface area contributed by atoms with Gasteiger partial charge in [-0.3, -0.25) is 0 Å². The summed E-state index contributed by atoms with van der Waals surface area (Å²) in [5.41, 5.74) is 0. The molecule has 3 unspecified atom stereocenters. The Morgan fingerprint density at radius 3 is 2.18 bits per heavy atom. The molecule has 2 rings (SSSR count). The van der Waals surface area contributed by atoms with Crippen molar-refractivity contribution in [2.45, 2.75) is 37.8 Å². The van der Waals surface area contributed by atoms with E-state index in [0.29, 0.717) is 6.42 Å². The van der Waals surface area contributed by atoms with Gasteiger partial charge in [-0.1, -0.05) is 6.92 Å². The number of carbonyl (C=O) groups is 2. The Hall–Kier alpha value is -1.54. The maximum absolute atomic E-state index is 10.6. The molecule has 0 aromatic rings. The van der Waals surface area contributed by atoms with Gasteiger partial charge in [0.15, 0.2) is 0 Å². The van der Waals surface area contributed by atoms with Crippen LogP contribution in [0.1, 0.15) is 26.2 Å². The molecule has 1 aliphatic heterocycles. The van der Waals surface area contributed by atoms with E-state index in [1.807, 2.05) is 6.92 Å². The van der Waals surface area contributed by atoms with Crippen LogP contribution >= 0.6 is 0 Å². The van der Waals surface area contributed by atoms with Crippen molar-refractivity contribution in [2.75, 3.05) is 0 Å². The van der Waals surface area contributed by atoms with Crippen LogP contribution in [0.4, 0.5) is 9.59 Å². The Morgan fingerprint density at radius 1 is 1.18 bits per heavy atom. The quantitative estimate of drug-likeness (QED) is 0.559. The van der Waals surface area contributed by atoms with Gasteiger partial charge in [0, 0.05) is 12.8 Å². The molecule has 1 saturated heterocycles. The number of carboxylic acid groups (broad SMARTS) is 2. The highest BCUT2D eigenvalue weighted by Crippen LogP contribution is 2.53. The summed E-state index contributed by atoms with van der Waals surface area (Å²) in [6.45, 7) is 1.87. The van der Waals surface area contributed by atoms with Crippen LogP contribution in [0.3, 0.4) is 0 Å². The molecule has 2 N–H and O–H groups in total. The van der Waals surface area contributed by atoms with Crippen LogP contribution in [0.25, 0.3) is 0 Å². The highest BCUT2D eigenvalue weighted by molar-refractivity contribution is 5.59. The van der Waals surface area contributed by atoms with E-state index in [-0.39, 0.29) is 18.8 Å². The average Bonchev–Trinajstić information content (AvgIpc) is 2.18. The van der Waals surface area contributed by atoms with Crippen LogP contribution in [0.5, 0.6) is 0 Å². The molecule has 3 atom stereocenters. The van der Waals surface area contributed by atoms with Crippen LogP contribution in [0, 0.1) is 5.92 Å². The van der Waals surface area contributed by atoms with E-state index >= 15 is 0 Å². The minimum Gasteiger partial charge on any atom is -0.450 e. The van der Waals surface area contributed by atoms with Gasteiger partial charge in [-0.15, -0.1) is 0 Å². The zero-order chi connectivity index (χ0) is 12.7. The van der Waals surface area contributed by atoms with Gasteiger partial charge in [0.2, 0.25) is 0 Å². The van der Waals surface area contributed by atoms with Gasteiger partial charge < -0.3 is 19.7 Å². The maximum atomic E-state index is 10.6. The van der Waals surface area contributed by atoms with Crippen LogP contribution in [-0.4, -0.2) is 34.1 Å². The monoisotopic (exact) mass is 248 g/mol. The van der Waals surface area contributed by atoms with Crippen LogP contribution < -0.4 is 0 Å². The summed E-state index contributed by atoms with van der Waals surface area (Å²) < 4.78 is 9.24. The number of ether oxygens (including phenoxy) is 2. The fraction of sp³-hybridized carbons (Fsp3) is 0.778. The number of hydrogen-bond donors (Lipinski definition) is 2. The SMILES string of the molecule is CC1CCC2(OC(=O)O)OOC2(OC(=O)O)C1. The van der Waals surface area contributed by atoms with Crippen molar-refractivity contribution in [3.63, 3.8) is 0 Å². The highest BCUT2D eigenvalue weighted by atomic mass is 17.3. The smallest absolute Gasteiger partial charge is 0.450 e. The Labute approximate surface area is 95.9 Å². The Kier molecular flexibility index (Phi) is 2.63. The minimum atomic E-state index is -1.69. The summed E-state index contributed by atoms with van der Waals surface area (Å²) in [5.74, 6) is -3.25. The van der Waals surface area contributed by atoms with Gasteiger partial charge in [0.1, 0.15) is 0 Å². The lowest BCUT2D eigenvalue weighted by atomic mass is 9.80. The summed E-state index contributed by atoms with van der Waals surface area (Å²) in [4.78, 5) is 30.6. The summed E-state index contributed by atoms with van der Waals surface area (Å²) in [6.07, 6.45) is -2.14. The van der Waals surface area contributed by atoms with Gasteiger partial charge in [0.25, 0.3) is 0 Å². The first-order valence-corrected chi connectivity index (χ1v) is 5.10. The van der Waals surface area contributed by atoms with Crippen molar-refractivity contribution in [2.24, 2.45) is 5.92 Å². The predicted octanol–water partition coefficient (Wildman–Crippen LogP) is 1.55. The zero-order valence-electron chi connectivity index (χ0n) is 9.04. The molecule has 8 nitrogen and oxygen atoms in total. The van der Waals surface area contributed by atoms with Gasteiger partial charge in [-0.05, 0) is 12.3 Å². The molecule has 2 fully saturated rings. The molecular formula is C9H12O8. The largest absolute Gasteiger partial charge is 0.508 e. The predicted molar refractivity (Wildman–Crippen MR) is 48.9 cm³/mol. The molecule has 1 saturated carbocycles. The Morgan fingerprint density at radius 2 is 1.71 bits per heavy atom. The summed E-state index contributed by atoms with van der Waals surface area (Å²) in [7, 11) is 0. The minimum absolute atomic E-state index is 0.115. The molecule has 0 aromatic heterocycles. The van der Waals surface area contributed by atoms with E-state index < -0.39 is 23.9 Å². The van der Waals surface area contributed by atoms with Crippen LogP contribution in [-0.2, 0) is 19.2 Å². The molecule has 8 heteroatoms. The molecule has 0 radical (unpaired) electrons. The van der Waals surface area contributed by atoms with Crippen molar-refractivity contribution < 1.29 is 39.1 Å². The van der Waals surface area contributed by atoms with Crippen molar-refractivity contribution in [3.8, 4) is 0 Å². The fourth-order valence-corrected chi connectivity index (χ4v) is 2.21. The molecule has 0 amide bonds. The topological polar surface area (TPSA) is 112 Å². The number of fused-ring (bicyclic) bond motifs is 1. The van der Waals surface area contributed by atoms with E-state index in [1.165, 1.54) is 0 Å². The maximum Gasteiger partial charge on any atom is 0.508 e. The standard InChI is InChI=1S/C9H12O8/c1-5-2-3-8(14-6(10)11)9(4-5,17-16-8)15-7(12)13/h5H,2-4H2,1H3,(H,10,11)(H,12,13). The number of hydrogen-bond acceptors (Lipinski definition) is 6. The zero-order valence-corrected chi connectivity index (χ0v) is 9.04. The second kappa shape index (κ2) is 3.74. The second-order valence-electron chi connectivity index (χ2n) is 4.26. The third-order valence-electron chi connectivity index (χ3n) is 2.98. The molecule has 96 valence electrons. The molecule has 1 aliphatic carbocycles. The first-order valence-electron chi connectivity index (χ1n) is 5.10. The summed E-state index contributed by atoms with van der Waals surface area (Å²) in [6, 6.07) is 0. The van der Waals surface area contributed by atoms with E-state index in [9.17, 15) is 9.59 Å². The highest BCUT2D eigenvalue weighted by Gasteiger charge is 2.73. The van der Waals surface area contributed by atoms with Crippen molar-refractivity contribution >= 4 is 12.3 Å². The number of rotatable bonds is 2. The lowest BCUT2D eigenvalue weighted by Crippen LogP contribution is -2.72. The first-order chi connectivity index (χ1) is 7.89. The lowest BCUT2D eigenvalue weighted by Gasteiger charge is -2.55. The van der Waals surface area contributed by atoms with E-state index in [0.717, 1.165) is 0 Å². The fourth-order valence-electron chi connectivity index (χ4n) is 2.21. The third kappa shape index (κ3) is 1.79. The summed E-state index contributed by atoms with van der Waals surface area (Å²) >= 11 is 0. The molecule has 0 spiro atoms. The lowest BCUT2D eigenvalue weighted by molar-refractivity contribution is -0.654. The molecule has 0 aromatic carbocycles. The second-order valence-corrected chi connectivity index (χ2v) is 4.26. The van der Waals surface area contributed by atoms with E-state index in [1.54, 1.807) is 0 Å². The summed E-state index contributed by atoms with van der Waals surface area (Å²) in [5, 5.41) is 17.3. The van der Waals surface area contributed by atoms with Crippen LogP contribution in [0.15, 0.2) is 0 Å². The molecule has 17 heavy (non-hydrogen) atoms. The molecule has 2 aliphatic rings. The van der Waals surface area contributed by atoms with E-state index in [2.05, 4.69) is 9.47 Å². The average molecular weight is 248 g/mol. The van der Waals surface area contributed by atoms with Gasteiger partial charge in [0.05, 0.1) is 0 Å². The van der Waals surface area contributed by atoms with E-state index in [4.69, 9.17) is 20.0 Å². The normalized spacial score (nSPS) is 39.7. The Bertz CT molecular complexity index is 355. The van der Waals surface area contributed by atoms with Gasteiger partial charge >= 0.3 is 23.9 Å². The van der Waals surface area contributed by atoms with Crippen molar-refractivity contribution in [1.82, 2.24) is 0 Å². The van der Waals surface area contributed by atoms with Crippen LogP contribution in [0.2, 0.25) is 0 Å². The third-order valence-corrected chi connectivity index (χ3v) is 2.98. The van der Waals surface area contributed by atoms with Crippen molar-refractivity contribution in [3.05, 3.63) is 0 Å². The molecule has 1 heterocycles. The Balaban J connectivity index is 2.23. The molecular weight excluding hydrogens is 236 g/mol. The van der Waals surface area contributed by atoms with Gasteiger partial charge in [-0.25, -0.2) is 9.59 Å². The first kappa shape index (κ1) is 11.9. The molecule has 0 bridgehead atoms.